The van der Waals surface area contributed by atoms with E-state index in [1.807, 2.05) is 0 Å². The molecule has 0 amide bonds. The maximum atomic E-state index is 10.6. The second-order valence-corrected chi connectivity index (χ2v) is 6.51. The Kier molecular flexibility index (Phi) is 3.98. The second kappa shape index (κ2) is 5.18. The van der Waals surface area contributed by atoms with Crippen LogP contribution in [0.15, 0.2) is 23.8 Å². The van der Waals surface area contributed by atoms with Gasteiger partial charge in [0.25, 0.3) is 0 Å². The summed E-state index contributed by atoms with van der Waals surface area (Å²) in [6.07, 6.45) is 7.37. The van der Waals surface area contributed by atoms with Gasteiger partial charge in [0, 0.05) is 5.92 Å². The first kappa shape index (κ1) is 13.8. The molecule has 0 aromatic rings. The molecule has 4 atom stereocenters. The molecule has 0 aromatic heterocycles. The molecule has 0 aromatic carbocycles. The number of fused-ring (bicyclic) bond motifs is 1. The summed E-state index contributed by atoms with van der Waals surface area (Å²) >= 11 is 0. The molecule has 0 unspecified atom stereocenters. The van der Waals surface area contributed by atoms with Gasteiger partial charge >= 0.3 is 0 Å². The highest BCUT2D eigenvalue weighted by atomic mass is 16.3. The summed E-state index contributed by atoms with van der Waals surface area (Å²) in [6.45, 7) is 8.39. The molecule has 2 aliphatic rings. The Morgan fingerprint density at radius 3 is 2.94 bits per heavy atom. The Morgan fingerprint density at radius 2 is 2.28 bits per heavy atom. The van der Waals surface area contributed by atoms with Gasteiger partial charge in [0.15, 0.2) is 0 Å². The molecule has 102 valence electrons. The van der Waals surface area contributed by atoms with Crippen LogP contribution in [-0.4, -0.2) is 22.9 Å². The van der Waals surface area contributed by atoms with Crippen molar-refractivity contribution < 1.29 is 10.2 Å². The average Bonchev–Trinajstić information content (AvgIpc) is 3.00. The molecule has 2 nitrogen and oxygen atoms in total. The fourth-order valence-corrected chi connectivity index (χ4v) is 3.41. The van der Waals surface area contributed by atoms with E-state index in [1.54, 1.807) is 0 Å². The number of aliphatic hydroxyl groups is 2. The molecule has 2 N–H and O–H groups in total. The van der Waals surface area contributed by atoms with Crippen LogP contribution in [0.5, 0.6) is 0 Å². The van der Waals surface area contributed by atoms with Gasteiger partial charge in [0.1, 0.15) is 0 Å². The molecule has 2 aliphatic carbocycles. The van der Waals surface area contributed by atoms with E-state index >= 15 is 0 Å². The van der Waals surface area contributed by atoms with E-state index in [0.717, 1.165) is 31.3 Å². The molecule has 1 saturated carbocycles. The highest BCUT2D eigenvalue weighted by Crippen LogP contribution is 2.59. The van der Waals surface area contributed by atoms with E-state index in [-0.39, 0.29) is 18.6 Å². The Bertz CT molecular complexity index is 358. The van der Waals surface area contributed by atoms with E-state index in [2.05, 4.69) is 26.5 Å². The standard InChI is InChI=1S/C16H26O2/c1-11-5-4-8-16(3)9-14(16)15(18)13(7-6-11)12(2)10-17/h5,13-15,17-18H,2,4,6-10H2,1,3H3/b11-5+/t13-,14-,15-,16-/m0/s1. The average molecular weight is 250 g/mol. The lowest BCUT2D eigenvalue weighted by Crippen LogP contribution is -2.28. The summed E-state index contributed by atoms with van der Waals surface area (Å²) in [5, 5.41) is 19.9. The lowest BCUT2D eigenvalue weighted by Gasteiger charge is -2.27. The van der Waals surface area contributed by atoms with Crippen LogP contribution < -0.4 is 0 Å². The summed E-state index contributed by atoms with van der Waals surface area (Å²) in [5.41, 5.74) is 2.51. The van der Waals surface area contributed by atoms with Crippen LogP contribution >= 0.6 is 0 Å². The maximum absolute atomic E-state index is 10.6. The first-order valence-electron chi connectivity index (χ1n) is 7.10. The summed E-state index contributed by atoms with van der Waals surface area (Å²) in [5.74, 6) is 0.459. The number of allylic oxidation sites excluding steroid dienone is 2. The smallest absolute Gasteiger partial charge is 0.0642 e. The Balaban J connectivity index is 2.16. The zero-order valence-corrected chi connectivity index (χ0v) is 11.7. The van der Waals surface area contributed by atoms with E-state index in [9.17, 15) is 10.2 Å². The molecular formula is C16H26O2. The van der Waals surface area contributed by atoms with E-state index < -0.39 is 0 Å². The maximum Gasteiger partial charge on any atom is 0.0642 e. The fourth-order valence-electron chi connectivity index (χ4n) is 3.41. The number of rotatable bonds is 2. The molecule has 0 heterocycles. The normalized spacial score (nSPS) is 43.6. The van der Waals surface area contributed by atoms with Gasteiger partial charge in [0.2, 0.25) is 0 Å². The van der Waals surface area contributed by atoms with Crippen molar-refractivity contribution in [1.29, 1.82) is 0 Å². The van der Waals surface area contributed by atoms with Crippen LogP contribution in [0.25, 0.3) is 0 Å². The van der Waals surface area contributed by atoms with Gasteiger partial charge in [-0.25, -0.2) is 0 Å². The molecule has 0 bridgehead atoms. The first-order valence-corrected chi connectivity index (χ1v) is 7.10. The van der Waals surface area contributed by atoms with Crippen molar-refractivity contribution in [3.63, 3.8) is 0 Å². The Labute approximate surface area is 110 Å². The predicted octanol–water partition coefficient (Wildman–Crippen LogP) is 3.06. The van der Waals surface area contributed by atoms with Crippen LogP contribution in [0.2, 0.25) is 0 Å². The van der Waals surface area contributed by atoms with Gasteiger partial charge in [-0.3, -0.25) is 0 Å². The molecule has 2 rings (SSSR count). The number of aliphatic hydroxyl groups excluding tert-OH is 2. The summed E-state index contributed by atoms with van der Waals surface area (Å²) in [4.78, 5) is 0. The zero-order chi connectivity index (χ0) is 13.3. The summed E-state index contributed by atoms with van der Waals surface area (Å²) in [6, 6.07) is 0. The second-order valence-electron chi connectivity index (χ2n) is 6.51. The molecule has 1 fully saturated rings. The number of hydrogen-bond acceptors (Lipinski definition) is 2. The molecular weight excluding hydrogens is 224 g/mol. The molecule has 0 aliphatic heterocycles. The van der Waals surface area contributed by atoms with Gasteiger partial charge in [-0.1, -0.05) is 25.2 Å². The minimum absolute atomic E-state index is 0.00603. The van der Waals surface area contributed by atoms with Crippen molar-refractivity contribution in [2.75, 3.05) is 6.61 Å². The van der Waals surface area contributed by atoms with Crippen LogP contribution in [0.4, 0.5) is 0 Å². The minimum atomic E-state index is -0.319. The molecule has 0 saturated heterocycles. The van der Waals surface area contributed by atoms with Crippen molar-refractivity contribution in [2.45, 2.75) is 52.1 Å². The third-order valence-electron chi connectivity index (χ3n) is 5.03. The van der Waals surface area contributed by atoms with E-state index in [1.165, 1.54) is 12.0 Å². The predicted molar refractivity (Wildman–Crippen MR) is 74.2 cm³/mol. The van der Waals surface area contributed by atoms with Gasteiger partial charge in [-0.2, -0.15) is 0 Å². The summed E-state index contributed by atoms with van der Waals surface area (Å²) in [7, 11) is 0. The van der Waals surface area contributed by atoms with Crippen LogP contribution in [0.3, 0.4) is 0 Å². The Hall–Kier alpha value is -0.600. The lowest BCUT2D eigenvalue weighted by atomic mass is 9.82. The van der Waals surface area contributed by atoms with Crippen molar-refractivity contribution in [2.24, 2.45) is 17.3 Å². The monoisotopic (exact) mass is 250 g/mol. The van der Waals surface area contributed by atoms with E-state index in [4.69, 9.17) is 0 Å². The van der Waals surface area contributed by atoms with Crippen LogP contribution in [0.1, 0.15) is 46.0 Å². The summed E-state index contributed by atoms with van der Waals surface area (Å²) < 4.78 is 0. The van der Waals surface area contributed by atoms with Crippen molar-refractivity contribution in [3.8, 4) is 0 Å². The highest BCUT2D eigenvalue weighted by Gasteiger charge is 2.54. The fraction of sp³-hybridized carbons (Fsp3) is 0.750. The van der Waals surface area contributed by atoms with Gasteiger partial charge in [-0.05, 0) is 55.9 Å². The van der Waals surface area contributed by atoms with Crippen LogP contribution in [0, 0.1) is 17.3 Å². The van der Waals surface area contributed by atoms with Crippen molar-refractivity contribution in [1.82, 2.24) is 0 Å². The molecule has 18 heavy (non-hydrogen) atoms. The minimum Gasteiger partial charge on any atom is -0.392 e. The van der Waals surface area contributed by atoms with Gasteiger partial charge in [-0.15, -0.1) is 0 Å². The topological polar surface area (TPSA) is 40.5 Å². The first-order chi connectivity index (χ1) is 8.48. The molecule has 2 heteroatoms. The van der Waals surface area contributed by atoms with Crippen molar-refractivity contribution >= 4 is 0 Å². The zero-order valence-electron chi connectivity index (χ0n) is 11.7. The van der Waals surface area contributed by atoms with Gasteiger partial charge in [0.05, 0.1) is 12.7 Å². The largest absolute Gasteiger partial charge is 0.392 e. The van der Waals surface area contributed by atoms with E-state index in [0.29, 0.717) is 11.3 Å². The third kappa shape index (κ3) is 2.70. The number of hydrogen-bond donors (Lipinski definition) is 2. The lowest BCUT2D eigenvalue weighted by molar-refractivity contribution is 0.0778. The Morgan fingerprint density at radius 1 is 1.56 bits per heavy atom. The quantitative estimate of drug-likeness (QED) is 0.739. The molecule has 0 spiro atoms. The third-order valence-corrected chi connectivity index (χ3v) is 5.03. The SMILES string of the molecule is C=C(CO)[C@@H]1CC/C(C)=C/CC[C@@]2(C)C[C@H]2[C@H]1O. The molecule has 0 radical (unpaired) electrons. The van der Waals surface area contributed by atoms with Gasteiger partial charge < -0.3 is 10.2 Å². The highest BCUT2D eigenvalue weighted by molar-refractivity contribution is 5.14. The van der Waals surface area contributed by atoms with Crippen LogP contribution in [-0.2, 0) is 0 Å². The van der Waals surface area contributed by atoms with Crippen molar-refractivity contribution in [3.05, 3.63) is 23.8 Å².